The Balaban J connectivity index is 2.38. The van der Waals surface area contributed by atoms with Gasteiger partial charge in [-0.15, -0.1) is 11.6 Å². The lowest BCUT2D eigenvalue weighted by molar-refractivity contribution is -0.129. The molecule has 18 heavy (non-hydrogen) atoms. The normalized spacial score (nSPS) is 19.8. The van der Waals surface area contributed by atoms with E-state index in [1.807, 2.05) is 20.8 Å². The van der Waals surface area contributed by atoms with Gasteiger partial charge in [0.15, 0.2) is 0 Å². The largest absolute Gasteiger partial charge is 0.444 e. The highest BCUT2D eigenvalue weighted by molar-refractivity contribution is 6.27. The second kappa shape index (κ2) is 6.27. The molecule has 0 bridgehead atoms. The van der Waals surface area contributed by atoms with Crippen LogP contribution in [0.3, 0.4) is 0 Å². The van der Waals surface area contributed by atoms with Crippen LogP contribution in [0.1, 0.15) is 33.6 Å². The van der Waals surface area contributed by atoms with Crippen LogP contribution >= 0.6 is 11.6 Å². The zero-order valence-electron chi connectivity index (χ0n) is 11.2. The van der Waals surface area contributed by atoms with Gasteiger partial charge in [0.1, 0.15) is 11.5 Å². The van der Waals surface area contributed by atoms with E-state index in [0.29, 0.717) is 13.1 Å². The molecule has 1 saturated heterocycles. The average molecular weight is 277 g/mol. The van der Waals surface area contributed by atoms with Crippen LogP contribution in [0, 0.1) is 0 Å². The summed E-state index contributed by atoms with van der Waals surface area (Å²) in [6.45, 7) is 6.56. The molecule has 0 aromatic heterocycles. The molecule has 1 heterocycles. The number of alkyl halides is 1. The van der Waals surface area contributed by atoms with E-state index in [1.54, 1.807) is 4.90 Å². The standard InChI is InChI=1S/C12H21ClN2O3/c1-12(2,3)18-11(17)14-8-9-5-4-6-15(9)10(16)7-13/h9H,4-8H2,1-3H3,(H,14,17). The lowest BCUT2D eigenvalue weighted by atomic mass is 10.2. The summed E-state index contributed by atoms with van der Waals surface area (Å²) < 4.78 is 5.14. The summed E-state index contributed by atoms with van der Waals surface area (Å²) in [6, 6.07) is 0.0313. The lowest BCUT2D eigenvalue weighted by Crippen LogP contribution is -2.44. The predicted octanol–water partition coefficient (Wildman–Crippen LogP) is 1.74. The quantitative estimate of drug-likeness (QED) is 0.799. The smallest absolute Gasteiger partial charge is 0.407 e. The van der Waals surface area contributed by atoms with Crippen LogP contribution < -0.4 is 5.32 Å². The summed E-state index contributed by atoms with van der Waals surface area (Å²) in [6.07, 6.45) is 1.38. The van der Waals surface area contributed by atoms with Gasteiger partial charge in [-0.05, 0) is 33.6 Å². The summed E-state index contributed by atoms with van der Waals surface area (Å²) in [5.74, 6) is -0.0895. The summed E-state index contributed by atoms with van der Waals surface area (Å²) in [5, 5.41) is 2.69. The van der Waals surface area contributed by atoms with E-state index in [4.69, 9.17) is 16.3 Å². The Hall–Kier alpha value is -0.970. The van der Waals surface area contributed by atoms with Gasteiger partial charge < -0.3 is 15.0 Å². The Kier molecular flexibility index (Phi) is 5.26. The number of amides is 2. The number of hydrogen-bond donors (Lipinski definition) is 1. The minimum Gasteiger partial charge on any atom is -0.444 e. The van der Waals surface area contributed by atoms with E-state index >= 15 is 0 Å². The van der Waals surface area contributed by atoms with Gasteiger partial charge in [0.05, 0.1) is 0 Å². The molecule has 1 aliphatic heterocycles. The maximum atomic E-state index is 11.5. The second-order valence-corrected chi connectivity index (χ2v) is 5.67. The molecule has 0 spiro atoms. The zero-order chi connectivity index (χ0) is 13.8. The maximum absolute atomic E-state index is 11.5. The fourth-order valence-electron chi connectivity index (χ4n) is 1.97. The summed E-state index contributed by atoms with van der Waals surface area (Å²) in [7, 11) is 0. The Morgan fingerprint density at radius 1 is 1.44 bits per heavy atom. The highest BCUT2D eigenvalue weighted by Gasteiger charge is 2.28. The Morgan fingerprint density at radius 2 is 2.11 bits per heavy atom. The molecule has 1 N–H and O–H groups in total. The van der Waals surface area contributed by atoms with Gasteiger partial charge in [-0.1, -0.05) is 0 Å². The molecule has 6 heteroatoms. The first-order valence-electron chi connectivity index (χ1n) is 6.16. The number of alkyl carbamates (subject to hydrolysis) is 1. The molecule has 1 atom stereocenters. The SMILES string of the molecule is CC(C)(C)OC(=O)NCC1CCCN1C(=O)CCl. The van der Waals surface area contributed by atoms with E-state index in [9.17, 15) is 9.59 Å². The number of carbonyl (C=O) groups excluding carboxylic acids is 2. The van der Waals surface area contributed by atoms with Gasteiger partial charge in [0.25, 0.3) is 0 Å². The Morgan fingerprint density at radius 3 is 2.67 bits per heavy atom. The van der Waals surface area contributed by atoms with Crippen molar-refractivity contribution in [2.45, 2.75) is 45.3 Å². The number of nitrogens with zero attached hydrogens (tertiary/aromatic N) is 1. The molecule has 1 aliphatic rings. The first-order chi connectivity index (χ1) is 8.33. The van der Waals surface area contributed by atoms with Crippen molar-refractivity contribution in [1.82, 2.24) is 10.2 Å². The van der Waals surface area contributed by atoms with Crippen molar-refractivity contribution in [3.8, 4) is 0 Å². The summed E-state index contributed by atoms with van der Waals surface area (Å²) in [5.41, 5.74) is -0.509. The van der Waals surface area contributed by atoms with Gasteiger partial charge in [0, 0.05) is 19.1 Å². The average Bonchev–Trinajstić information content (AvgIpc) is 2.71. The molecule has 0 aromatic carbocycles. The molecule has 2 amide bonds. The first-order valence-corrected chi connectivity index (χ1v) is 6.69. The van der Waals surface area contributed by atoms with E-state index in [1.165, 1.54) is 0 Å². The maximum Gasteiger partial charge on any atom is 0.407 e. The van der Waals surface area contributed by atoms with E-state index < -0.39 is 11.7 Å². The summed E-state index contributed by atoms with van der Waals surface area (Å²) in [4.78, 5) is 24.8. The molecular formula is C12H21ClN2O3. The number of hydrogen-bond acceptors (Lipinski definition) is 3. The van der Waals surface area contributed by atoms with Crippen molar-refractivity contribution >= 4 is 23.6 Å². The fraction of sp³-hybridized carbons (Fsp3) is 0.833. The molecular weight excluding hydrogens is 256 g/mol. The van der Waals surface area contributed by atoms with Crippen molar-refractivity contribution in [2.75, 3.05) is 19.0 Å². The van der Waals surface area contributed by atoms with E-state index in [0.717, 1.165) is 12.8 Å². The van der Waals surface area contributed by atoms with Crippen LogP contribution in [0.2, 0.25) is 0 Å². The first kappa shape index (κ1) is 15.1. The highest BCUT2D eigenvalue weighted by atomic mass is 35.5. The molecule has 5 nitrogen and oxygen atoms in total. The van der Waals surface area contributed by atoms with Crippen LogP contribution in [-0.2, 0) is 9.53 Å². The minimum absolute atomic E-state index is 0.0110. The highest BCUT2D eigenvalue weighted by Crippen LogP contribution is 2.17. The fourth-order valence-corrected chi connectivity index (χ4v) is 2.12. The van der Waals surface area contributed by atoms with Gasteiger partial charge in [-0.2, -0.15) is 0 Å². The molecule has 0 radical (unpaired) electrons. The third kappa shape index (κ3) is 4.72. The number of halogens is 1. The lowest BCUT2D eigenvalue weighted by Gasteiger charge is -2.25. The van der Waals surface area contributed by atoms with Crippen LogP contribution in [-0.4, -0.2) is 47.5 Å². The van der Waals surface area contributed by atoms with Gasteiger partial charge in [-0.25, -0.2) is 4.79 Å². The Labute approximate surface area is 113 Å². The molecule has 1 unspecified atom stereocenters. The predicted molar refractivity (Wildman–Crippen MR) is 69.7 cm³/mol. The number of ether oxygens (including phenoxy) is 1. The molecule has 1 fully saturated rings. The van der Waals surface area contributed by atoms with Crippen molar-refractivity contribution in [3.63, 3.8) is 0 Å². The molecule has 0 saturated carbocycles. The van der Waals surface area contributed by atoms with Gasteiger partial charge in [-0.3, -0.25) is 4.79 Å². The van der Waals surface area contributed by atoms with Crippen LogP contribution in [0.15, 0.2) is 0 Å². The van der Waals surface area contributed by atoms with Gasteiger partial charge >= 0.3 is 6.09 Å². The molecule has 0 aliphatic carbocycles. The zero-order valence-corrected chi connectivity index (χ0v) is 11.9. The number of rotatable bonds is 3. The second-order valence-electron chi connectivity index (χ2n) is 5.40. The molecule has 0 aromatic rings. The monoisotopic (exact) mass is 276 g/mol. The third-order valence-electron chi connectivity index (χ3n) is 2.69. The topological polar surface area (TPSA) is 58.6 Å². The molecule has 1 rings (SSSR count). The third-order valence-corrected chi connectivity index (χ3v) is 2.92. The Bertz CT molecular complexity index is 315. The van der Waals surface area contributed by atoms with E-state index in [2.05, 4.69) is 5.32 Å². The summed E-state index contributed by atoms with van der Waals surface area (Å²) >= 11 is 5.54. The minimum atomic E-state index is -0.509. The van der Waals surface area contributed by atoms with Crippen molar-refractivity contribution in [1.29, 1.82) is 0 Å². The van der Waals surface area contributed by atoms with Crippen LogP contribution in [0.4, 0.5) is 4.79 Å². The number of nitrogens with one attached hydrogen (secondary N) is 1. The van der Waals surface area contributed by atoms with Gasteiger partial charge in [0.2, 0.25) is 5.91 Å². The number of carbonyl (C=O) groups is 2. The van der Waals surface area contributed by atoms with Crippen molar-refractivity contribution in [2.24, 2.45) is 0 Å². The molecule has 104 valence electrons. The van der Waals surface area contributed by atoms with Crippen LogP contribution in [0.5, 0.6) is 0 Å². The van der Waals surface area contributed by atoms with Crippen LogP contribution in [0.25, 0.3) is 0 Å². The van der Waals surface area contributed by atoms with E-state index in [-0.39, 0.29) is 17.8 Å². The van der Waals surface area contributed by atoms with Crippen molar-refractivity contribution < 1.29 is 14.3 Å². The number of likely N-dealkylation sites (tertiary alicyclic amines) is 1. The van der Waals surface area contributed by atoms with Crippen molar-refractivity contribution in [3.05, 3.63) is 0 Å².